The van der Waals surface area contributed by atoms with Crippen LogP contribution in [0, 0.1) is 6.42 Å². The third kappa shape index (κ3) is 1.77. The number of hydrogen-bond acceptors (Lipinski definition) is 4. The molecule has 0 atom stereocenters. The van der Waals surface area contributed by atoms with Crippen LogP contribution in [-0.2, 0) is 6.61 Å². The van der Waals surface area contributed by atoms with Crippen molar-refractivity contribution in [1.29, 1.82) is 0 Å². The molecule has 0 aromatic carbocycles. The predicted molar refractivity (Wildman–Crippen MR) is 80.6 cm³/mol. The van der Waals surface area contributed by atoms with E-state index in [2.05, 4.69) is 26.3 Å². The molecule has 0 aliphatic heterocycles. The lowest BCUT2D eigenvalue weighted by Crippen LogP contribution is -2.15. The molecule has 0 bridgehead atoms. The van der Waals surface area contributed by atoms with Crippen LogP contribution in [0.5, 0.6) is 0 Å². The number of imidazole rings is 1. The molecule has 5 heteroatoms. The van der Waals surface area contributed by atoms with Crippen molar-refractivity contribution in [2.75, 3.05) is 0 Å². The maximum Gasteiger partial charge on any atom is 0.136 e. The van der Waals surface area contributed by atoms with Crippen molar-refractivity contribution in [3.05, 3.63) is 29.9 Å². The highest BCUT2D eigenvalue weighted by Crippen LogP contribution is 2.36. The maximum atomic E-state index is 9.66. The van der Waals surface area contributed by atoms with Crippen LogP contribution >= 0.6 is 11.3 Å². The molecule has 3 aromatic rings. The van der Waals surface area contributed by atoms with Crippen LogP contribution in [0.1, 0.15) is 37.5 Å². The van der Waals surface area contributed by atoms with E-state index in [1.54, 1.807) is 11.3 Å². The van der Waals surface area contributed by atoms with Crippen molar-refractivity contribution < 1.29 is 5.11 Å². The van der Waals surface area contributed by atoms with Crippen LogP contribution in [0.25, 0.3) is 21.3 Å². The molecule has 103 valence electrons. The second-order valence-electron chi connectivity index (χ2n) is 5.28. The third-order valence-electron chi connectivity index (χ3n) is 4.11. The zero-order chi connectivity index (χ0) is 13.5. The SMILES string of the molecule is OCc1nc2cnc3ccsc3c2n1C1CC[CH]CC1. The molecule has 0 amide bonds. The molecule has 4 rings (SSSR count). The average molecular weight is 286 g/mol. The Labute approximate surface area is 121 Å². The van der Waals surface area contributed by atoms with Crippen LogP contribution in [0.15, 0.2) is 17.6 Å². The molecule has 0 spiro atoms. The molecule has 0 saturated heterocycles. The Morgan fingerprint density at radius 1 is 1.30 bits per heavy atom. The van der Waals surface area contributed by atoms with Gasteiger partial charge in [0.15, 0.2) is 0 Å². The Hall–Kier alpha value is -1.46. The lowest BCUT2D eigenvalue weighted by molar-refractivity contribution is 0.256. The monoisotopic (exact) mass is 286 g/mol. The molecule has 3 aromatic heterocycles. The lowest BCUT2D eigenvalue weighted by atomic mass is 9.95. The number of aliphatic hydroxyl groups is 1. The standard InChI is InChI=1S/C15H16N3OS/c19-9-13-17-12-8-16-11-6-7-20-15(11)14(12)18(13)10-4-2-1-3-5-10/h1,6-8,10,19H,2-5,9H2. The molecular weight excluding hydrogens is 270 g/mol. The van der Waals surface area contributed by atoms with Gasteiger partial charge >= 0.3 is 0 Å². The van der Waals surface area contributed by atoms with Crippen LogP contribution in [-0.4, -0.2) is 19.6 Å². The van der Waals surface area contributed by atoms with Crippen molar-refractivity contribution in [3.63, 3.8) is 0 Å². The number of thiophene rings is 1. The van der Waals surface area contributed by atoms with E-state index in [9.17, 15) is 5.11 Å². The molecule has 1 aliphatic rings. The molecule has 1 saturated carbocycles. The van der Waals surface area contributed by atoms with Gasteiger partial charge in [0.1, 0.15) is 17.9 Å². The summed E-state index contributed by atoms with van der Waals surface area (Å²) in [5.41, 5.74) is 3.08. The fourth-order valence-corrected chi connectivity index (χ4v) is 4.09. The van der Waals surface area contributed by atoms with E-state index >= 15 is 0 Å². The maximum absolute atomic E-state index is 9.66. The third-order valence-corrected chi connectivity index (χ3v) is 5.02. The van der Waals surface area contributed by atoms with E-state index in [0.717, 1.165) is 48.1 Å². The Morgan fingerprint density at radius 2 is 2.15 bits per heavy atom. The smallest absolute Gasteiger partial charge is 0.136 e. The molecule has 4 nitrogen and oxygen atoms in total. The molecule has 3 heterocycles. The summed E-state index contributed by atoms with van der Waals surface area (Å²) in [6.45, 7) is -0.0121. The number of rotatable bonds is 2. The van der Waals surface area contributed by atoms with Gasteiger partial charge in [0.05, 0.1) is 21.9 Å². The first kappa shape index (κ1) is 12.3. The van der Waals surface area contributed by atoms with Crippen LogP contribution in [0.3, 0.4) is 0 Å². The highest BCUT2D eigenvalue weighted by Gasteiger charge is 2.23. The first-order chi connectivity index (χ1) is 9.88. The fraction of sp³-hybridized carbons (Fsp3) is 0.400. The molecule has 0 unspecified atom stereocenters. The first-order valence-corrected chi connectivity index (χ1v) is 7.92. The fourth-order valence-electron chi connectivity index (χ4n) is 3.20. The molecule has 1 aliphatic carbocycles. The number of aliphatic hydroxyl groups excluding tert-OH is 1. The zero-order valence-corrected chi connectivity index (χ0v) is 11.9. The van der Waals surface area contributed by atoms with Gasteiger partial charge in [0.25, 0.3) is 0 Å². The summed E-state index contributed by atoms with van der Waals surface area (Å²) in [5.74, 6) is 0.773. The van der Waals surface area contributed by atoms with Gasteiger partial charge in [0.2, 0.25) is 0 Å². The van der Waals surface area contributed by atoms with Crippen LogP contribution in [0.2, 0.25) is 0 Å². The number of aromatic nitrogens is 3. The van der Waals surface area contributed by atoms with Gasteiger partial charge in [-0.1, -0.05) is 0 Å². The van der Waals surface area contributed by atoms with Gasteiger partial charge in [-0.25, -0.2) is 4.98 Å². The van der Waals surface area contributed by atoms with Gasteiger partial charge in [-0.15, -0.1) is 11.3 Å². The molecule has 1 fully saturated rings. The summed E-state index contributed by atoms with van der Waals surface area (Å²) in [7, 11) is 0. The number of fused-ring (bicyclic) bond motifs is 3. The molecule has 1 N–H and O–H groups in total. The van der Waals surface area contributed by atoms with Gasteiger partial charge in [-0.05, 0) is 43.6 Å². The summed E-state index contributed by atoms with van der Waals surface area (Å²) in [4.78, 5) is 9.03. The largest absolute Gasteiger partial charge is 0.388 e. The van der Waals surface area contributed by atoms with E-state index in [-0.39, 0.29) is 6.61 Å². The van der Waals surface area contributed by atoms with E-state index < -0.39 is 0 Å². The topological polar surface area (TPSA) is 50.9 Å². The Morgan fingerprint density at radius 3 is 2.95 bits per heavy atom. The second-order valence-corrected chi connectivity index (χ2v) is 6.20. The summed E-state index contributed by atoms with van der Waals surface area (Å²) in [5, 5.41) is 11.7. The van der Waals surface area contributed by atoms with Crippen molar-refractivity contribution >= 4 is 32.6 Å². The van der Waals surface area contributed by atoms with E-state index in [4.69, 9.17) is 0 Å². The Bertz CT molecular complexity index is 755. The predicted octanol–water partition coefficient (Wildman–Crippen LogP) is 3.46. The number of hydrogen-bond donors (Lipinski definition) is 1. The summed E-state index contributed by atoms with van der Waals surface area (Å²) < 4.78 is 3.45. The average Bonchev–Trinajstić information content (AvgIpc) is 3.11. The summed E-state index contributed by atoms with van der Waals surface area (Å²) in [6, 6.07) is 2.49. The minimum Gasteiger partial charge on any atom is -0.388 e. The van der Waals surface area contributed by atoms with E-state index in [0.29, 0.717) is 6.04 Å². The van der Waals surface area contributed by atoms with Crippen molar-refractivity contribution in [2.45, 2.75) is 38.3 Å². The molecule has 1 radical (unpaired) electrons. The number of nitrogens with zero attached hydrogens (tertiary/aromatic N) is 3. The number of pyridine rings is 1. The highest BCUT2D eigenvalue weighted by atomic mass is 32.1. The molecular formula is C15H16N3OS. The Balaban J connectivity index is 2.01. The van der Waals surface area contributed by atoms with Gasteiger partial charge in [-0.2, -0.15) is 0 Å². The van der Waals surface area contributed by atoms with Gasteiger partial charge < -0.3 is 9.67 Å². The Kier molecular flexibility index (Phi) is 2.97. The first-order valence-electron chi connectivity index (χ1n) is 7.04. The van der Waals surface area contributed by atoms with Crippen molar-refractivity contribution in [3.8, 4) is 0 Å². The van der Waals surface area contributed by atoms with E-state index in [1.165, 1.54) is 4.70 Å². The highest BCUT2D eigenvalue weighted by molar-refractivity contribution is 7.18. The lowest BCUT2D eigenvalue weighted by Gasteiger charge is -2.25. The van der Waals surface area contributed by atoms with Gasteiger partial charge in [-0.3, -0.25) is 4.98 Å². The van der Waals surface area contributed by atoms with Crippen LogP contribution < -0.4 is 0 Å². The zero-order valence-electron chi connectivity index (χ0n) is 11.1. The van der Waals surface area contributed by atoms with Crippen LogP contribution in [0.4, 0.5) is 0 Å². The quantitative estimate of drug-likeness (QED) is 0.785. The normalized spacial score (nSPS) is 17.2. The van der Waals surface area contributed by atoms with Gasteiger partial charge in [0, 0.05) is 6.04 Å². The molecule has 20 heavy (non-hydrogen) atoms. The second kappa shape index (κ2) is 4.82. The van der Waals surface area contributed by atoms with Crippen molar-refractivity contribution in [2.24, 2.45) is 0 Å². The minimum atomic E-state index is -0.0121. The summed E-state index contributed by atoms with van der Waals surface area (Å²) in [6.07, 6.45) is 8.74. The minimum absolute atomic E-state index is 0.0121. The summed E-state index contributed by atoms with van der Waals surface area (Å²) >= 11 is 1.71. The van der Waals surface area contributed by atoms with Crippen molar-refractivity contribution in [1.82, 2.24) is 14.5 Å². The van der Waals surface area contributed by atoms with E-state index in [1.807, 2.05) is 12.3 Å².